The van der Waals surface area contributed by atoms with E-state index in [-0.39, 0.29) is 0 Å². The van der Waals surface area contributed by atoms with Crippen molar-refractivity contribution in [2.45, 2.75) is 6.92 Å². The van der Waals surface area contributed by atoms with E-state index in [0.717, 1.165) is 37.9 Å². The number of halogens is 1. The van der Waals surface area contributed by atoms with Crippen molar-refractivity contribution < 1.29 is 4.74 Å². The van der Waals surface area contributed by atoms with Gasteiger partial charge in [0.2, 0.25) is 5.13 Å². The van der Waals surface area contributed by atoms with Crippen LogP contribution in [-0.2, 0) is 0 Å². The molecule has 1 N–H and O–H groups in total. The van der Waals surface area contributed by atoms with Crippen molar-refractivity contribution in [1.82, 2.24) is 4.98 Å². The molecule has 0 saturated heterocycles. The highest BCUT2D eigenvalue weighted by Gasteiger charge is 2.07. The molecule has 0 bridgehead atoms. The minimum atomic E-state index is 0.752. The van der Waals surface area contributed by atoms with Gasteiger partial charge in [-0.25, -0.2) is 4.98 Å². The Hall–Kier alpha value is -2.18. The Morgan fingerprint density at radius 3 is 2.67 bits per heavy atom. The van der Waals surface area contributed by atoms with Gasteiger partial charge in [0.15, 0.2) is 0 Å². The fourth-order valence-electron chi connectivity index (χ4n) is 2.21. The number of nitrogens with one attached hydrogen (secondary N) is 1. The van der Waals surface area contributed by atoms with Crippen molar-refractivity contribution in [3.05, 3.63) is 63.9 Å². The van der Waals surface area contributed by atoms with Crippen molar-refractivity contribution >= 4 is 38.1 Å². The summed E-state index contributed by atoms with van der Waals surface area (Å²) in [7, 11) is 1.66. The predicted molar refractivity (Wildman–Crippen MR) is 104 cm³/mol. The van der Waals surface area contributed by atoms with Crippen molar-refractivity contribution in [3.63, 3.8) is 0 Å². The molecule has 0 atom stereocenters. The SMILES string of the molecule is COc1ccccc1/C(C)=N\Nc1nc(-c2ccc(Br)cc2)cs1. The maximum absolute atomic E-state index is 5.36. The Labute approximate surface area is 153 Å². The summed E-state index contributed by atoms with van der Waals surface area (Å²) in [5.41, 5.74) is 6.83. The van der Waals surface area contributed by atoms with Gasteiger partial charge in [-0.3, -0.25) is 5.43 Å². The summed E-state index contributed by atoms with van der Waals surface area (Å²) >= 11 is 4.96. The molecule has 3 aromatic rings. The summed E-state index contributed by atoms with van der Waals surface area (Å²) in [5.74, 6) is 0.801. The molecule has 122 valence electrons. The van der Waals surface area contributed by atoms with Crippen molar-refractivity contribution in [1.29, 1.82) is 0 Å². The van der Waals surface area contributed by atoms with Gasteiger partial charge in [-0.05, 0) is 31.2 Å². The van der Waals surface area contributed by atoms with E-state index >= 15 is 0 Å². The first-order valence-corrected chi connectivity index (χ1v) is 9.00. The summed E-state index contributed by atoms with van der Waals surface area (Å²) in [5, 5.41) is 7.19. The Morgan fingerprint density at radius 2 is 1.92 bits per heavy atom. The lowest BCUT2D eigenvalue weighted by Gasteiger charge is -2.07. The lowest BCUT2D eigenvalue weighted by molar-refractivity contribution is 0.414. The van der Waals surface area contributed by atoms with E-state index in [1.807, 2.05) is 60.8 Å². The summed E-state index contributed by atoms with van der Waals surface area (Å²) < 4.78 is 6.42. The molecule has 0 unspecified atom stereocenters. The zero-order valence-corrected chi connectivity index (χ0v) is 15.7. The Bertz CT molecular complexity index is 859. The molecule has 6 heteroatoms. The van der Waals surface area contributed by atoms with E-state index < -0.39 is 0 Å². The largest absolute Gasteiger partial charge is 0.496 e. The zero-order chi connectivity index (χ0) is 16.9. The molecule has 2 aromatic carbocycles. The molecule has 0 aliphatic rings. The predicted octanol–water partition coefficient (Wildman–Crippen LogP) is 5.42. The van der Waals surface area contributed by atoms with Crippen LogP contribution >= 0.6 is 27.3 Å². The topological polar surface area (TPSA) is 46.5 Å². The highest BCUT2D eigenvalue weighted by Crippen LogP contribution is 2.26. The quantitative estimate of drug-likeness (QED) is 0.458. The molecule has 0 spiro atoms. The van der Waals surface area contributed by atoms with Crippen LogP contribution < -0.4 is 10.2 Å². The number of ether oxygens (including phenoxy) is 1. The van der Waals surface area contributed by atoms with Crippen LogP contribution in [0.3, 0.4) is 0 Å². The van der Waals surface area contributed by atoms with Crippen LogP contribution in [-0.4, -0.2) is 17.8 Å². The molecule has 0 fully saturated rings. The molecule has 1 aromatic heterocycles. The minimum absolute atomic E-state index is 0.752. The first kappa shape index (κ1) is 16.7. The fraction of sp³-hybridized carbons (Fsp3) is 0.111. The van der Waals surface area contributed by atoms with E-state index in [1.54, 1.807) is 7.11 Å². The van der Waals surface area contributed by atoms with E-state index in [9.17, 15) is 0 Å². The molecule has 1 heterocycles. The molecule has 0 aliphatic carbocycles. The third-order valence-electron chi connectivity index (χ3n) is 3.46. The maximum atomic E-state index is 5.36. The number of thiazole rings is 1. The van der Waals surface area contributed by atoms with E-state index in [1.165, 1.54) is 11.3 Å². The Morgan fingerprint density at radius 1 is 1.17 bits per heavy atom. The number of benzene rings is 2. The summed E-state index contributed by atoms with van der Waals surface area (Å²) in [4.78, 5) is 4.57. The molecular formula is C18H16BrN3OS. The highest BCUT2D eigenvalue weighted by molar-refractivity contribution is 9.10. The number of rotatable bonds is 5. The molecule has 0 amide bonds. The first-order chi connectivity index (χ1) is 11.7. The molecule has 0 aliphatic heterocycles. The third-order valence-corrected chi connectivity index (χ3v) is 4.74. The van der Waals surface area contributed by atoms with Crippen LogP contribution in [0.5, 0.6) is 5.75 Å². The van der Waals surface area contributed by atoms with Gasteiger partial charge in [-0.15, -0.1) is 11.3 Å². The van der Waals surface area contributed by atoms with Crippen molar-refractivity contribution in [3.8, 4) is 17.0 Å². The lowest BCUT2D eigenvalue weighted by Crippen LogP contribution is -2.02. The smallest absolute Gasteiger partial charge is 0.203 e. The third kappa shape index (κ3) is 3.83. The molecular weight excluding hydrogens is 386 g/mol. The average Bonchev–Trinajstić information content (AvgIpc) is 3.09. The zero-order valence-electron chi connectivity index (χ0n) is 13.3. The van der Waals surface area contributed by atoms with Gasteiger partial charge in [0.25, 0.3) is 0 Å². The van der Waals surface area contributed by atoms with Gasteiger partial charge >= 0.3 is 0 Å². The van der Waals surface area contributed by atoms with Gasteiger partial charge in [-0.1, -0.05) is 40.2 Å². The van der Waals surface area contributed by atoms with Crippen LogP contribution in [0.4, 0.5) is 5.13 Å². The number of methoxy groups -OCH3 is 1. The van der Waals surface area contributed by atoms with Crippen LogP contribution in [0.2, 0.25) is 0 Å². The number of hydrogen-bond acceptors (Lipinski definition) is 5. The van der Waals surface area contributed by atoms with E-state index in [2.05, 4.69) is 31.4 Å². The average molecular weight is 402 g/mol. The van der Waals surface area contributed by atoms with Gasteiger partial charge in [0.1, 0.15) is 5.75 Å². The monoisotopic (exact) mass is 401 g/mol. The number of para-hydroxylation sites is 1. The van der Waals surface area contributed by atoms with E-state index in [0.29, 0.717) is 0 Å². The first-order valence-electron chi connectivity index (χ1n) is 7.32. The lowest BCUT2D eigenvalue weighted by atomic mass is 10.1. The number of hydrazone groups is 1. The second kappa shape index (κ2) is 7.59. The molecule has 24 heavy (non-hydrogen) atoms. The number of anilines is 1. The van der Waals surface area contributed by atoms with Gasteiger partial charge in [0, 0.05) is 21.0 Å². The standard InChI is InChI=1S/C18H16BrN3OS/c1-12(15-5-3-4-6-17(15)23-2)21-22-18-20-16(11-24-18)13-7-9-14(19)10-8-13/h3-11H,1-2H3,(H,20,22)/b21-12-. The van der Waals surface area contributed by atoms with Gasteiger partial charge in [-0.2, -0.15) is 5.10 Å². The van der Waals surface area contributed by atoms with Gasteiger partial charge in [0.05, 0.1) is 18.5 Å². The molecule has 4 nitrogen and oxygen atoms in total. The second-order valence-electron chi connectivity index (χ2n) is 5.05. The normalized spacial score (nSPS) is 11.4. The summed E-state index contributed by atoms with van der Waals surface area (Å²) in [6.45, 7) is 1.94. The summed E-state index contributed by atoms with van der Waals surface area (Å²) in [6.07, 6.45) is 0. The highest BCUT2D eigenvalue weighted by atomic mass is 79.9. The van der Waals surface area contributed by atoms with Crippen LogP contribution in [0, 0.1) is 0 Å². The van der Waals surface area contributed by atoms with Gasteiger partial charge < -0.3 is 4.74 Å². The van der Waals surface area contributed by atoms with Crippen LogP contribution in [0.25, 0.3) is 11.3 Å². The number of hydrogen-bond donors (Lipinski definition) is 1. The van der Waals surface area contributed by atoms with Crippen molar-refractivity contribution in [2.24, 2.45) is 5.10 Å². The molecule has 0 saturated carbocycles. The van der Waals surface area contributed by atoms with Crippen LogP contribution in [0.1, 0.15) is 12.5 Å². The number of nitrogens with zero attached hydrogens (tertiary/aromatic N) is 2. The second-order valence-corrected chi connectivity index (χ2v) is 6.83. The Balaban J connectivity index is 1.76. The van der Waals surface area contributed by atoms with Crippen molar-refractivity contribution in [2.75, 3.05) is 12.5 Å². The van der Waals surface area contributed by atoms with E-state index in [4.69, 9.17) is 4.74 Å². The molecule has 3 rings (SSSR count). The number of aromatic nitrogens is 1. The maximum Gasteiger partial charge on any atom is 0.203 e. The Kier molecular flexibility index (Phi) is 5.27. The minimum Gasteiger partial charge on any atom is -0.496 e. The summed E-state index contributed by atoms with van der Waals surface area (Å²) in [6, 6.07) is 15.9. The molecule has 0 radical (unpaired) electrons. The fourth-order valence-corrected chi connectivity index (χ4v) is 3.14. The van der Waals surface area contributed by atoms with Crippen LogP contribution in [0.15, 0.2) is 63.5 Å².